The summed E-state index contributed by atoms with van der Waals surface area (Å²) < 4.78 is 0. The van der Waals surface area contributed by atoms with Crippen molar-refractivity contribution < 1.29 is 9.90 Å². The van der Waals surface area contributed by atoms with Crippen LogP contribution in [0, 0.1) is 0 Å². The van der Waals surface area contributed by atoms with Gasteiger partial charge in [0.25, 0.3) is 0 Å². The van der Waals surface area contributed by atoms with Crippen molar-refractivity contribution in [2.45, 2.75) is 13.0 Å². The van der Waals surface area contributed by atoms with Crippen LogP contribution in [-0.4, -0.2) is 48.5 Å². The third-order valence-corrected chi connectivity index (χ3v) is 2.61. The molecule has 0 spiro atoms. The summed E-state index contributed by atoms with van der Waals surface area (Å²) in [6, 6.07) is 6.17. The van der Waals surface area contributed by atoms with Gasteiger partial charge in [0.1, 0.15) is 11.9 Å². The lowest BCUT2D eigenvalue weighted by Crippen LogP contribution is -2.38. The van der Waals surface area contributed by atoms with E-state index in [4.69, 9.17) is 10.8 Å². The van der Waals surface area contributed by atoms with Gasteiger partial charge in [-0.2, -0.15) is 0 Å². The summed E-state index contributed by atoms with van der Waals surface area (Å²) in [4.78, 5) is 17.8. The molecule has 0 unspecified atom stereocenters. The van der Waals surface area contributed by atoms with Crippen LogP contribution in [-0.2, 0) is 4.79 Å². The molecule has 1 atom stereocenters. The number of amides is 1. The molecule has 1 aromatic rings. The average molecular weight is 264 g/mol. The second kappa shape index (κ2) is 6.86. The summed E-state index contributed by atoms with van der Waals surface area (Å²) in [6.45, 7) is 1.53. The minimum atomic E-state index is -0.909. The van der Waals surface area contributed by atoms with E-state index in [-0.39, 0.29) is 6.61 Å². The van der Waals surface area contributed by atoms with Crippen LogP contribution in [0.5, 0.6) is 0 Å². The monoisotopic (exact) mass is 264 g/mol. The first-order valence-corrected chi connectivity index (χ1v) is 5.94. The summed E-state index contributed by atoms with van der Waals surface area (Å²) in [5, 5.41) is 11.4. The van der Waals surface area contributed by atoms with Crippen molar-refractivity contribution in [3.8, 4) is 0 Å². The van der Waals surface area contributed by atoms with Crippen LogP contribution in [0.15, 0.2) is 29.3 Å². The Balaban J connectivity index is 2.72. The molecule has 0 bridgehead atoms. The molecule has 0 fully saturated rings. The van der Waals surface area contributed by atoms with Crippen molar-refractivity contribution in [1.29, 1.82) is 0 Å². The molecule has 0 radical (unpaired) electrons. The molecular formula is C13H20N4O2. The number of carbonyl (C=O) groups excluding carboxylic acids is 1. The molecule has 0 saturated heterocycles. The number of rotatable bonds is 4. The number of nitrogens with zero attached hydrogens (tertiary/aromatic N) is 2. The third kappa shape index (κ3) is 4.69. The van der Waals surface area contributed by atoms with Gasteiger partial charge in [-0.1, -0.05) is 0 Å². The van der Waals surface area contributed by atoms with Crippen molar-refractivity contribution in [1.82, 2.24) is 4.90 Å². The van der Waals surface area contributed by atoms with E-state index in [9.17, 15) is 4.79 Å². The first-order chi connectivity index (χ1) is 8.93. The SMILES string of the molecule is C/C(=N\c1ccc(NC(=O)[C@@H](N)CO)cc1)N(C)C. The molecule has 0 aliphatic rings. The number of carbonyl (C=O) groups is 1. The zero-order valence-electron chi connectivity index (χ0n) is 11.4. The molecule has 1 aromatic carbocycles. The lowest BCUT2D eigenvalue weighted by Gasteiger charge is -2.11. The normalized spacial score (nSPS) is 13.0. The predicted octanol–water partition coefficient (Wildman–Crippen LogP) is 0.556. The zero-order valence-corrected chi connectivity index (χ0v) is 11.4. The molecule has 0 aromatic heterocycles. The molecule has 0 saturated carbocycles. The van der Waals surface area contributed by atoms with Crippen LogP contribution in [0.2, 0.25) is 0 Å². The third-order valence-electron chi connectivity index (χ3n) is 2.61. The Morgan fingerprint density at radius 2 is 2.00 bits per heavy atom. The van der Waals surface area contributed by atoms with Crippen LogP contribution in [0.4, 0.5) is 11.4 Å². The topological polar surface area (TPSA) is 91.0 Å². The standard InChI is InChI=1S/C13H20N4O2/c1-9(17(2)3)15-10-4-6-11(7-5-10)16-13(19)12(14)8-18/h4-7,12,18H,8,14H2,1-3H3,(H,16,19)/b15-9+/t12-/m0/s1. The molecular weight excluding hydrogens is 244 g/mol. The summed E-state index contributed by atoms with van der Waals surface area (Å²) in [5.74, 6) is 0.474. The number of aliphatic hydroxyl groups excluding tert-OH is 1. The van der Waals surface area contributed by atoms with E-state index in [0.717, 1.165) is 11.5 Å². The van der Waals surface area contributed by atoms with Crippen LogP contribution < -0.4 is 11.1 Å². The maximum Gasteiger partial charge on any atom is 0.243 e. The Kier molecular flexibility index (Phi) is 5.47. The summed E-state index contributed by atoms with van der Waals surface area (Å²) >= 11 is 0. The number of hydrogen-bond acceptors (Lipinski definition) is 4. The van der Waals surface area contributed by atoms with Gasteiger partial charge in [-0.15, -0.1) is 0 Å². The Morgan fingerprint density at radius 1 is 1.42 bits per heavy atom. The van der Waals surface area contributed by atoms with E-state index in [1.807, 2.05) is 25.9 Å². The van der Waals surface area contributed by atoms with Gasteiger partial charge in [-0.05, 0) is 31.2 Å². The highest BCUT2D eigenvalue weighted by Crippen LogP contribution is 2.16. The minimum Gasteiger partial charge on any atom is -0.394 e. The number of amidine groups is 1. The first kappa shape index (κ1) is 15.1. The second-order valence-electron chi connectivity index (χ2n) is 4.38. The van der Waals surface area contributed by atoms with Gasteiger partial charge in [0.15, 0.2) is 0 Å². The van der Waals surface area contributed by atoms with Crippen molar-refractivity contribution in [3.63, 3.8) is 0 Å². The van der Waals surface area contributed by atoms with Gasteiger partial charge in [0, 0.05) is 19.8 Å². The van der Waals surface area contributed by atoms with Crippen molar-refractivity contribution in [2.24, 2.45) is 10.7 Å². The van der Waals surface area contributed by atoms with Crippen LogP contribution in [0.1, 0.15) is 6.92 Å². The van der Waals surface area contributed by atoms with Gasteiger partial charge in [-0.3, -0.25) is 4.79 Å². The van der Waals surface area contributed by atoms with Gasteiger partial charge < -0.3 is 21.1 Å². The van der Waals surface area contributed by atoms with E-state index in [1.165, 1.54) is 0 Å². The maximum atomic E-state index is 11.5. The highest BCUT2D eigenvalue weighted by Gasteiger charge is 2.11. The van der Waals surface area contributed by atoms with Gasteiger partial charge in [-0.25, -0.2) is 4.99 Å². The van der Waals surface area contributed by atoms with Gasteiger partial charge in [0.05, 0.1) is 12.3 Å². The van der Waals surface area contributed by atoms with E-state index in [2.05, 4.69) is 10.3 Å². The number of nitrogens with one attached hydrogen (secondary N) is 1. The highest BCUT2D eigenvalue weighted by atomic mass is 16.3. The fraction of sp³-hybridized carbons (Fsp3) is 0.385. The lowest BCUT2D eigenvalue weighted by atomic mass is 10.2. The molecule has 6 nitrogen and oxygen atoms in total. The Hall–Kier alpha value is -1.92. The number of hydrogen-bond donors (Lipinski definition) is 3. The fourth-order valence-corrected chi connectivity index (χ4v) is 1.22. The maximum absolute atomic E-state index is 11.5. The quantitative estimate of drug-likeness (QED) is 0.547. The van der Waals surface area contributed by atoms with Crippen molar-refractivity contribution in [3.05, 3.63) is 24.3 Å². The van der Waals surface area contributed by atoms with E-state index in [0.29, 0.717) is 5.69 Å². The minimum absolute atomic E-state index is 0.379. The fourth-order valence-electron chi connectivity index (χ4n) is 1.22. The second-order valence-corrected chi connectivity index (χ2v) is 4.38. The zero-order chi connectivity index (χ0) is 14.4. The molecule has 1 rings (SSSR count). The average Bonchev–Trinajstić information content (AvgIpc) is 2.39. The number of aliphatic hydroxyl groups is 1. The first-order valence-electron chi connectivity index (χ1n) is 5.94. The van der Waals surface area contributed by atoms with E-state index >= 15 is 0 Å². The summed E-state index contributed by atoms with van der Waals surface area (Å²) in [6.07, 6.45) is 0. The van der Waals surface area contributed by atoms with Crippen LogP contribution >= 0.6 is 0 Å². The van der Waals surface area contributed by atoms with Crippen LogP contribution in [0.3, 0.4) is 0 Å². The van der Waals surface area contributed by atoms with Gasteiger partial charge in [0.2, 0.25) is 5.91 Å². The molecule has 0 aliphatic carbocycles. The molecule has 1 amide bonds. The molecule has 4 N–H and O–H groups in total. The Bertz CT molecular complexity index is 454. The van der Waals surface area contributed by atoms with Crippen LogP contribution in [0.25, 0.3) is 0 Å². The van der Waals surface area contributed by atoms with E-state index in [1.54, 1.807) is 24.3 Å². The predicted molar refractivity (Wildman–Crippen MR) is 76.6 cm³/mol. The van der Waals surface area contributed by atoms with Crippen molar-refractivity contribution in [2.75, 3.05) is 26.0 Å². The summed E-state index contributed by atoms with van der Waals surface area (Å²) in [7, 11) is 3.84. The molecule has 0 aliphatic heterocycles. The smallest absolute Gasteiger partial charge is 0.243 e. The number of aliphatic imine (C=N–C) groups is 1. The molecule has 6 heteroatoms. The van der Waals surface area contributed by atoms with Gasteiger partial charge >= 0.3 is 0 Å². The lowest BCUT2D eigenvalue weighted by molar-refractivity contribution is -0.118. The number of nitrogens with two attached hydrogens (primary N) is 1. The Labute approximate surface area is 112 Å². The number of anilines is 1. The molecule has 0 heterocycles. The number of benzene rings is 1. The molecule has 19 heavy (non-hydrogen) atoms. The summed E-state index contributed by atoms with van der Waals surface area (Å²) in [5.41, 5.74) is 6.83. The van der Waals surface area contributed by atoms with Crippen molar-refractivity contribution >= 4 is 23.1 Å². The highest BCUT2D eigenvalue weighted by molar-refractivity contribution is 5.94. The van der Waals surface area contributed by atoms with E-state index < -0.39 is 11.9 Å². The largest absolute Gasteiger partial charge is 0.394 e. The molecule has 104 valence electrons. The Morgan fingerprint density at radius 3 is 2.47 bits per heavy atom.